The zero-order valence-corrected chi connectivity index (χ0v) is 26.1. The van der Waals surface area contributed by atoms with Crippen LogP contribution in [0.1, 0.15) is 29.9 Å². The van der Waals surface area contributed by atoms with Crippen LogP contribution >= 0.6 is 39.0 Å². The third-order valence-electron chi connectivity index (χ3n) is 6.48. The average molecular weight is 676 g/mol. The van der Waals surface area contributed by atoms with Crippen molar-refractivity contribution in [1.82, 2.24) is 14.5 Å². The summed E-state index contributed by atoms with van der Waals surface area (Å²) in [6, 6.07) is 19.4. The first-order chi connectivity index (χ1) is 21.0. The molecular weight excluding hydrogens is 652 g/mol. The second-order valence-electron chi connectivity index (χ2n) is 9.12. The van der Waals surface area contributed by atoms with E-state index in [1.807, 2.05) is 42.5 Å². The number of halogens is 1. The van der Waals surface area contributed by atoms with E-state index >= 15 is 0 Å². The highest BCUT2D eigenvalue weighted by molar-refractivity contribution is 9.10. The molecule has 0 saturated carbocycles. The summed E-state index contributed by atoms with van der Waals surface area (Å²) in [5.74, 6) is 0.573. The van der Waals surface area contributed by atoms with Gasteiger partial charge in [-0.25, -0.2) is 19.8 Å². The van der Waals surface area contributed by atoms with E-state index in [2.05, 4.69) is 25.9 Å². The Kier molecular flexibility index (Phi) is 8.41. The molecule has 0 fully saturated rings. The van der Waals surface area contributed by atoms with E-state index in [-0.39, 0.29) is 17.7 Å². The van der Waals surface area contributed by atoms with Gasteiger partial charge in [0.05, 0.1) is 40.0 Å². The van der Waals surface area contributed by atoms with Crippen LogP contribution in [0.25, 0.3) is 11.8 Å². The Morgan fingerprint density at radius 2 is 1.86 bits per heavy atom. The summed E-state index contributed by atoms with van der Waals surface area (Å²) in [7, 11) is 1.58. The number of aromatic nitrogens is 3. The van der Waals surface area contributed by atoms with Crippen LogP contribution in [0.2, 0.25) is 0 Å². The highest BCUT2D eigenvalue weighted by Crippen LogP contribution is 2.36. The number of hydrogen-bond acceptors (Lipinski definition) is 10. The Morgan fingerprint density at radius 1 is 1.12 bits per heavy atom. The summed E-state index contributed by atoms with van der Waals surface area (Å²) < 4.78 is 19.6. The molecule has 6 rings (SSSR count). The van der Waals surface area contributed by atoms with Crippen LogP contribution in [-0.4, -0.2) is 34.2 Å². The van der Waals surface area contributed by atoms with Crippen LogP contribution in [0, 0.1) is 0 Å². The molecule has 43 heavy (non-hydrogen) atoms. The molecule has 0 radical (unpaired) electrons. The lowest BCUT2D eigenvalue weighted by molar-refractivity contribution is -0.138. The maximum atomic E-state index is 14.1. The summed E-state index contributed by atoms with van der Waals surface area (Å²) >= 11 is 6.01. The molecule has 9 nitrogen and oxygen atoms in total. The topological polar surface area (TPSA) is 109 Å². The summed E-state index contributed by atoms with van der Waals surface area (Å²) in [6.07, 6.45) is 4.98. The van der Waals surface area contributed by atoms with Crippen molar-refractivity contribution in [3.8, 4) is 5.75 Å². The number of furan rings is 1. The molecule has 1 aliphatic rings. The van der Waals surface area contributed by atoms with Crippen molar-refractivity contribution < 1.29 is 18.7 Å². The van der Waals surface area contributed by atoms with E-state index in [9.17, 15) is 9.59 Å². The Morgan fingerprint density at radius 3 is 2.56 bits per heavy atom. The van der Waals surface area contributed by atoms with E-state index in [1.54, 1.807) is 61.3 Å². The molecule has 0 bridgehead atoms. The zero-order valence-electron chi connectivity index (χ0n) is 22.9. The van der Waals surface area contributed by atoms with Crippen molar-refractivity contribution >= 4 is 56.8 Å². The van der Waals surface area contributed by atoms with E-state index < -0.39 is 12.0 Å². The second kappa shape index (κ2) is 12.5. The summed E-state index contributed by atoms with van der Waals surface area (Å²) in [5, 5.41) is 1.08. The first-order valence-electron chi connectivity index (χ1n) is 13.1. The maximum absolute atomic E-state index is 14.1. The Hall–Kier alpha value is -4.26. The SMILES string of the molecule is CCOC(=O)C1=C(c2ccccc2)N=c2s/c(=C/c3cc(Br)c(Sc4ncccn4)o3)c(=O)n2[C@H]1c1ccc(OC)cc1. The molecule has 0 saturated heterocycles. The number of nitrogens with zero attached hydrogens (tertiary/aromatic N) is 4. The second-order valence-corrected chi connectivity index (χ2v) is 11.9. The summed E-state index contributed by atoms with van der Waals surface area (Å²) in [4.78, 5) is 41.4. The van der Waals surface area contributed by atoms with E-state index in [0.29, 0.717) is 46.8 Å². The molecule has 0 spiro atoms. The van der Waals surface area contributed by atoms with Crippen molar-refractivity contribution in [2.75, 3.05) is 13.7 Å². The molecule has 12 heteroatoms. The summed E-state index contributed by atoms with van der Waals surface area (Å²) in [6.45, 7) is 1.92. The van der Waals surface area contributed by atoms with Crippen molar-refractivity contribution in [2.45, 2.75) is 23.2 Å². The first kappa shape index (κ1) is 28.8. The summed E-state index contributed by atoms with van der Waals surface area (Å²) in [5.41, 5.74) is 1.87. The standard InChI is InChI=1S/C31H23BrN4O5S2/c1-3-40-28(38)24-25(18-8-5-4-6-9-18)35-31-36(26(24)19-10-12-20(39-2)13-11-19)27(37)23(42-31)17-21-16-22(32)29(41-21)43-30-33-14-7-15-34-30/h4-17,26H,3H2,1-2H3/b23-17+/t26-/m0/s1. The van der Waals surface area contributed by atoms with Crippen molar-refractivity contribution in [2.24, 2.45) is 4.99 Å². The van der Waals surface area contributed by atoms with Gasteiger partial charge in [-0.3, -0.25) is 9.36 Å². The van der Waals surface area contributed by atoms with Gasteiger partial charge in [-0.15, -0.1) is 0 Å². The van der Waals surface area contributed by atoms with Crippen LogP contribution < -0.4 is 19.6 Å². The number of ether oxygens (including phenoxy) is 2. The monoisotopic (exact) mass is 674 g/mol. The van der Waals surface area contributed by atoms with Crippen LogP contribution in [0.4, 0.5) is 0 Å². The smallest absolute Gasteiger partial charge is 0.338 e. The van der Waals surface area contributed by atoms with Crippen LogP contribution in [0.5, 0.6) is 5.75 Å². The number of fused-ring (bicyclic) bond motifs is 1. The molecule has 0 aliphatic carbocycles. The van der Waals surface area contributed by atoms with Gasteiger partial charge in [0.1, 0.15) is 11.5 Å². The fraction of sp³-hybridized carbons (Fsp3) is 0.129. The number of rotatable bonds is 8. The Balaban J connectivity index is 1.53. The highest BCUT2D eigenvalue weighted by Gasteiger charge is 2.35. The minimum atomic E-state index is -0.789. The van der Waals surface area contributed by atoms with E-state index in [4.69, 9.17) is 18.9 Å². The zero-order chi connectivity index (χ0) is 29.9. The van der Waals surface area contributed by atoms with Crippen LogP contribution in [0.15, 0.2) is 114 Å². The van der Waals surface area contributed by atoms with E-state index in [0.717, 1.165) is 5.56 Å². The molecule has 3 aromatic heterocycles. The Labute approximate surface area is 262 Å². The van der Waals surface area contributed by atoms with Gasteiger partial charge in [0.25, 0.3) is 5.56 Å². The molecule has 216 valence electrons. The minimum Gasteiger partial charge on any atom is -0.497 e. The third-order valence-corrected chi connectivity index (χ3v) is 9.20. The molecule has 5 aromatic rings. The average Bonchev–Trinajstić information content (AvgIpc) is 3.54. The molecule has 0 amide bonds. The van der Waals surface area contributed by atoms with Gasteiger partial charge < -0.3 is 13.9 Å². The highest BCUT2D eigenvalue weighted by atomic mass is 79.9. The largest absolute Gasteiger partial charge is 0.497 e. The lowest BCUT2D eigenvalue weighted by Gasteiger charge is -2.26. The molecule has 0 N–H and O–H groups in total. The molecule has 4 heterocycles. The number of esters is 1. The van der Waals surface area contributed by atoms with Gasteiger partial charge in [-0.05, 0) is 64.4 Å². The van der Waals surface area contributed by atoms with Gasteiger partial charge in [0, 0.05) is 24.0 Å². The van der Waals surface area contributed by atoms with Crippen molar-refractivity contribution in [3.63, 3.8) is 0 Å². The van der Waals surface area contributed by atoms with Crippen LogP contribution in [0.3, 0.4) is 0 Å². The predicted octanol–water partition coefficient (Wildman–Crippen LogP) is 5.24. The van der Waals surface area contributed by atoms with Gasteiger partial charge in [0.15, 0.2) is 15.1 Å². The fourth-order valence-electron chi connectivity index (χ4n) is 4.60. The minimum absolute atomic E-state index is 0.173. The predicted molar refractivity (Wildman–Crippen MR) is 167 cm³/mol. The number of methoxy groups -OCH3 is 1. The maximum Gasteiger partial charge on any atom is 0.338 e. The lowest BCUT2D eigenvalue weighted by Crippen LogP contribution is -2.40. The molecule has 2 aromatic carbocycles. The lowest BCUT2D eigenvalue weighted by atomic mass is 9.93. The number of thiazole rings is 1. The normalized spacial score (nSPS) is 14.8. The van der Waals surface area contributed by atoms with Gasteiger partial charge in [-0.2, -0.15) is 0 Å². The molecule has 0 unspecified atom stereocenters. The van der Waals surface area contributed by atoms with Gasteiger partial charge in [-0.1, -0.05) is 53.8 Å². The first-order valence-corrected chi connectivity index (χ1v) is 15.6. The molecule has 1 aliphatic heterocycles. The number of carbonyl (C=O) groups is 1. The Bertz CT molecular complexity index is 2000. The molecule has 1 atom stereocenters. The molecular formula is C31H23BrN4O5S2. The van der Waals surface area contributed by atoms with E-state index in [1.165, 1.54) is 23.1 Å². The van der Waals surface area contributed by atoms with Crippen molar-refractivity contribution in [1.29, 1.82) is 0 Å². The third kappa shape index (κ3) is 5.85. The number of hydrogen-bond donors (Lipinski definition) is 0. The fourth-order valence-corrected chi connectivity index (χ4v) is 6.82. The quantitative estimate of drug-likeness (QED) is 0.162. The number of benzene rings is 2. The number of carbonyl (C=O) groups excluding carboxylic acids is 1. The van der Waals surface area contributed by atoms with Crippen LogP contribution in [-0.2, 0) is 9.53 Å². The van der Waals surface area contributed by atoms with Crippen molar-refractivity contribution in [3.05, 3.63) is 126 Å². The van der Waals surface area contributed by atoms with Gasteiger partial charge in [0.2, 0.25) is 0 Å². The van der Waals surface area contributed by atoms with Gasteiger partial charge >= 0.3 is 5.97 Å².